The van der Waals surface area contributed by atoms with E-state index in [9.17, 15) is 4.79 Å². The van der Waals surface area contributed by atoms with Crippen LogP contribution in [0.5, 0.6) is 0 Å². The summed E-state index contributed by atoms with van der Waals surface area (Å²) in [7, 11) is 0. The number of hydrogen-bond acceptors (Lipinski definition) is 3. The van der Waals surface area contributed by atoms with Crippen molar-refractivity contribution in [2.24, 2.45) is 16.5 Å². The molecule has 0 radical (unpaired) electrons. The summed E-state index contributed by atoms with van der Waals surface area (Å²) in [6.45, 7) is -0.0787. The minimum absolute atomic E-state index is 0.0787. The van der Waals surface area contributed by atoms with Gasteiger partial charge in [-0.3, -0.25) is 9.78 Å². The average Bonchev–Trinajstić information content (AvgIpc) is 2.16. The zero-order valence-electron chi connectivity index (χ0n) is 7.47. The minimum atomic E-state index is -0.274. The average molecular weight is 193 g/mol. The summed E-state index contributed by atoms with van der Waals surface area (Å²) >= 11 is 0. The van der Waals surface area contributed by atoms with Crippen LogP contribution < -0.4 is 16.8 Å². The number of anilines is 1. The van der Waals surface area contributed by atoms with E-state index < -0.39 is 0 Å². The van der Waals surface area contributed by atoms with Gasteiger partial charge in [0.2, 0.25) is 5.91 Å². The number of carbonyl (C=O) groups excluding carboxylic acids is 1. The third kappa shape index (κ3) is 3.53. The molecule has 0 atom stereocenters. The van der Waals surface area contributed by atoms with E-state index in [1.807, 2.05) is 0 Å². The predicted octanol–water partition coefficient (Wildman–Crippen LogP) is -0.706. The molecule has 1 heterocycles. The van der Waals surface area contributed by atoms with Gasteiger partial charge in [0.25, 0.3) is 0 Å². The first kappa shape index (κ1) is 9.97. The van der Waals surface area contributed by atoms with Crippen LogP contribution in [0.2, 0.25) is 0 Å². The van der Waals surface area contributed by atoms with E-state index in [1.165, 1.54) is 0 Å². The maximum atomic E-state index is 11.2. The second kappa shape index (κ2) is 4.80. The van der Waals surface area contributed by atoms with Crippen molar-refractivity contribution >= 4 is 17.6 Å². The molecule has 0 bridgehead atoms. The fourth-order valence-corrected chi connectivity index (χ4v) is 0.799. The molecule has 0 saturated heterocycles. The molecule has 6 nitrogen and oxygen atoms in total. The molecule has 74 valence electrons. The lowest BCUT2D eigenvalue weighted by Gasteiger charge is -2.01. The molecule has 0 fully saturated rings. The van der Waals surface area contributed by atoms with Crippen molar-refractivity contribution in [2.45, 2.75) is 0 Å². The van der Waals surface area contributed by atoms with Crippen molar-refractivity contribution in [2.75, 3.05) is 11.9 Å². The van der Waals surface area contributed by atoms with Crippen LogP contribution in [-0.4, -0.2) is 23.4 Å². The number of hydrogen-bond donors (Lipinski definition) is 3. The molecule has 1 amide bonds. The zero-order valence-corrected chi connectivity index (χ0v) is 7.47. The van der Waals surface area contributed by atoms with Crippen LogP contribution in [0, 0.1) is 0 Å². The summed E-state index contributed by atoms with van der Waals surface area (Å²) in [4.78, 5) is 18.5. The Morgan fingerprint density at radius 1 is 1.43 bits per heavy atom. The fraction of sp³-hybridized carbons (Fsp3) is 0.125. The van der Waals surface area contributed by atoms with Crippen LogP contribution in [0.15, 0.2) is 29.5 Å². The quantitative estimate of drug-likeness (QED) is 0.435. The first-order valence-electron chi connectivity index (χ1n) is 3.94. The molecule has 0 unspecified atom stereocenters. The first-order chi connectivity index (χ1) is 6.68. The minimum Gasteiger partial charge on any atom is -0.370 e. The largest absolute Gasteiger partial charge is 0.370 e. The molecule has 0 spiro atoms. The maximum absolute atomic E-state index is 11.2. The molecule has 1 aromatic heterocycles. The summed E-state index contributed by atoms with van der Waals surface area (Å²) in [5.41, 5.74) is 10.8. The number of carbonyl (C=O) groups is 1. The Hall–Kier alpha value is -2.11. The topological polar surface area (TPSA) is 106 Å². The van der Waals surface area contributed by atoms with Gasteiger partial charge < -0.3 is 16.8 Å². The van der Waals surface area contributed by atoms with Gasteiger partial charge in [0, 0.05) is 18.1 Å². The molecule has 14 heavy (non-hydrogen) atoms. The van der Waals surface area contributed by atoms with Crippen LogP contribution in [0.4, 0.5) is 5.69 Å². The van der Waals surface area contributed by atoms with Crippen molar-refractivity contribution in [3.8, 4) is 0 Å². The molecular weight excluding hydrogens is 182 g/mol. The lowest BCUT2D eigenvalue weighted by atomic mass is 10.4. The number of nitrogens with zero attached hydrogens (tertiary/aromatic N) is 2. The second-order valence-electron chi connectivity index (χ2n) is 2.53. The Kier molecular flexibility index (Phi) is 3.42. The van der Waals surface area contributed by atoms with Gasteiger partial charge in [-0.05, 0) is 12.1 Å². The van der Waals surface area contributed by atoms with Gasteiger partial charge in [0.05, 0.1) is 0 Å². The molecule has 0 aliphatic rings. The van der Waals surface area contributed by atoms with Crippen LogP contribution >= 0.6 is 0 Å². The smallest absolute Gasteiger partial charge is 0.246 e. The Labute approximate surface area is 81.0 Å². The molecule has 0 saturated carbocycles. The van der Waals surface area contributed by atoms with Crippen molar-refractivity contribution in [3.05, 3.63) is 24.5 Å². The summed E-state index contributed by atoms with van der Waals surface area (Å²) in [6, 6.07) is 3.35. The Bertz CT molecular complexity index is 331. The third-order valence-electron chi connectivity index (χ3n) is 1.37. The number of rotatable bonds is 3. The number of pyridine rings is 1. The SMILES string of the molecule is NC(N)=NCC(=O)Nc1ccncc1. The predicted molar refractivity (Wildman–Crippen MR) is 53.5 cm³/mol. The highest BCUT2D eigenvalue weighted by Gasteiger charge is 1.99. The van der Waals surface area contributed by atoms with E-state index in [0.29, 0.717) is 5.69 Å². The third-order valence-corrected chi connectivity index (χ3v) is 1.37. The van der Waals surface area contributed by atoms with Gasteiger partial charge in [0.1, 0.15) is 6.54 Å². The van der Waals surface area contributed by atoms with Gasteiger partial charge in [-0.2, -0.15) is 0 Å². The van der Waals surface area contributed by atoms with Gasteiger partial charge >= 0.3 is 0 Å². The molecular formula is C8H11N5O. The molecule has 6 heteroatoms. The number of guanidine groups is 1. The Morgan fingerprint density at radius 2 is 2.07 bits per heavy atom. The number of nitrogens with one attached hydrogen (secondary N) is 1. The normalized spacial score (nSPS) is 9.14. The van der Waals surface area contributed by atoms with Crippen molar-refractivity contribution < 1.29 is 4.79 Å². The monoisotopic (exact) mass is 193 g/mol. The number of aromatic nitrogens is 1. The van der Waals surface area contributed by atoms with E-state index in [2.05, 4.69) is 15.3 Å². The Morgan fingerprint density at radius 3 is 2.64 bits per heavy atom. The molecule has 0 aliphatic heterocycles. The molecule has 1 rings (SSSR count). The van der Waals surface area contributed by atoms with Crippen LogP contribution in [0.25, 0.3) is 0 Å². The summed E-state index contributed by atoms with van der Waals surface area (Å²) < 4.78 is 0. The van der Waals surface area contributed by atoms with Crippen molar-refractivity contribution in [1.29, 1.82) is 0 Å². The second-order valence-corrected chi connectivity index (χ2v) is 2.53. The van der Waals surface area contributed by atoms with E-state index in [1.54, 1.807) is 24.5 Å². The molecule has 0 aliphatic carbocycles. The number of amides is 1. The summed E-state index contributed by atoms with van der Waals surface area (Å²) in [6.07, 6.45) is 3.16. The lowest BCUT2D eigenvalue weighted by molar-refractivity contribution is -0.114. The van der Waals surface area contributed by atoms with Crippen molar-refractivity contribution in [3.63, 3.8) is 0 Å². The highest BCUT2D eigenvalue weighted by molar-refractivity contribution is 5.93. The van der Waals surface area contributed by atoms with Gasteiger partial charge in [-0.15, -0.1) is 0 Å². The van der Waals surface area contributed by atoms with E-state index in [4.69, 9.17) is 11.5 Å². The van der Waals surface area contributed by atoms with Gasteiger partial charge in [-0.25, -0.2) is 4.99 Å². The van der Waals surface area contributed by atoms with Crippen molar-refractivity contribution in [1.82, 2.24) is 4.98 Å². The Balaban J connectivity index is 2.46. The highest BCUT2D eigenvalue weighted by Crippen LogP contribution is 2.02. The first-order valence-corrected chi connectivity index (χ1v) is 3.94. The summed E-state index contributed by atoms with van der Waals surface area (Å²) in [5, 5.41) is 2.60. The summed E-state index contributed by atoms with van der Waals surface area (Å²) in [5.74, 6) is -0.375. The van der Waals surface area contributed by atoms with Crippen LogP contribution in [0.3, 0.4) is 0 Å². The molecule has 0 aromatic carbocycles. The standard InChI is InChI=1S/C8H11N5O/c9-8(10)12-5-7(14)13-6-1-3-11-4-2-6/h1-4H,5H2,(H4,9,10,12)(H,11,13,14). The van der Waals surface area contributed by atoms with E-state index >= 15 is 0 Å². The van der Waals surface area contributed by atoms with Crippen LogP contribution in [-0.2, 0) is 4.79 Å². The number of nitrogens with two attached hydrogens (primary N) is 2. The van der Waals surface area contributed by atoms with Gasteiger partial charge in [0.15, 0.2) is 5.96 Å². The molecule has 1 aromatic rings. The highest BCUT2D eigenvalue weighted by atomic mass is 16.1. The van der Waals surface area contributed by atoms with E-state index in [0.717, 1.165) is 0 Å². The fourth-order valence-electron chi connectivity index (χ4n) is 0.799. The zero-order chi connectivity index (χ0) is 10.4. The maximum Gasteiger partial charge on any atom is 0.246 e. The molecule has 5 N–H and O–H groups in total. The lowest BCUT2D eigenvalue weighted by Crippen LogP contribution is -2.25. The van der Waals surface area contributed by atoms with Gasteiger partial charge in [-0.1, -0.05) is 0 Å². The van der Waals surface area contributed by atoms with Crippen LogP contribution in [0.1, 0.15) is 0 Å². The number of aliphatic imine (C=N–C) groups is 1. The van der Waals surface area contributed by atoms with E-state index in [-0.39, 0.29) is 18.4 Å².